The number of ether oxygens (including phenoxy) is 1. The number of hydrogen-bond donors (Lipinski definition) is 3. The van der Waals surface area contributed by atoms with E-state index in [2.05, 4.69) is 26.4 Å². The lowest BCUT2D eigenvalue weighted by Gasteiger charge is -2.10. The van der Waals surface area contributed by atoms with Crippen LogP contribution >= 0.6 is 34.7 Å². The van der Waals surface area contributed by atoms with Gasteiger partial charge >= 0.3 is 0 Å². The summed E-state index contributed by atoms with van der Waals surface area (Å²) in [6.07, 6.45) is 0. The molecule has 2 amide bonds. The fraction of sp³-hybridized carbons (Fsp3) is 0.200. The lowest BCUT2D eigenvalue weighted by molar-refractivity contribution is -0.119. The first-order valence-electron chi connectivity index (χ1n) is 9.09. The number of rotatable bonds is 7. The quantitative estimate of drug-likeness (QED) is 0.347. The fourth-order valence-corrected chi connectivity index (χ4v) is 4.27. The average Bonchev–Trinajstić information content (AvgIpc) is 3.21. The molecule has 0 saturated heterocycles. The molecule has 0 bridgehead atoms. The van der Waals surface area contributed by atoms with Crippen LogP contribution < -0.4 is 20.9 Å². The maximum absolute atomic E-state index is 12.3. The number of benzene rings is 2. The number of nitrogens with zero attached hydrogens (tertiary/aromatic N) is 2. The highest BCUT2D eigenvalue weighted by Crippen LogP contribution is 2.29. The third-order valence-electron chi connectivity index (χ3n) is 4.30. The van der Waals surface area contributed by atoms with Gasteiger partial charge in [0.15, 0.2) is 4.34 Å². The zero-order chi connectivity index (χ0) is 22.4. The Hall–Kier alpha value is -2.82. The standard InChI is InChI=1S/C20H20ClN5O3S2/c1-11-5-4-6-15(12(11)2)22-19-25-26-20(31-19)30-10-17(27)23-24-18(28)14-9-13(21)7-8-16(14)29-3/h4-9H,10H2,1-3H3,(H,22,25)(H,23,27)(H,24,28). The molecule has 0 fully saturated rings. The van der Waals surface area contributed by atoms with E-state index in [1.165, 1.54) is 41.8 Å². The van der Waals surface area contributed by atoms with Gasteiger partial charge in [-0.1, -0.05) is 46.8 Å². The summed E-state index contributed by atoms with van der Waals surface area (Å²) in [6, 6.07) is 10.6. The summed E-state index contributed by atoms with van der Waals surface area (Å²) in [7, 11) is 1.45. The Balaban J connectivity index is 1.50. The van der Waals surface area contributed by atoms with Gasteiger partial charge in [0, 0.05) is 10.7 Å². The Bertz CT molecular complexity index is 1110. The zero-order valence-electron chi connectivity index (χ0n) is 17.0. The summed E-state index contributed by atoms with van der Waals surface area (Å²) in [5, 5.41) is 12.5. The van der Waals surface area contributed by atoms with Gasteiger partial charge in [0.2, 0.25) is 11.0 Å². The van der Waals surface area contributed by atoms with E-state index in [1.807, 2.05) is 32.0 Å². The van der Waals surface area contributed by atoms with E-state index in [9.17, 15) is 9.59 Å². The Kier molecular flexibility index (Phi) is 7.72. The number of thioether (sulfide) groups is 1. The van der Waals surface area contributed by atoms with Crippen LogP contribution in [0.15, 0.2) is 40.7 Å². The van der Waals surface area contributed by atoms with Crippen molar-refractivity contribution in [3.05, 3.63) is 58.1 Å². The first kappa shape index (κ1) is 22.9. The maximum Gasteiger partial charge on any atom is 0.273 e. The molecule has 0 unspecified atom stereocenters. The number of aromatic nitrogens is 2. The average molecular weight is 478 g/mol. The third kappa shape index (κ3) is 6.09. The van der Waals surface area contributed by atoms with Gasteiger partial charge in [-0.05, 0) is 49.2 Å². The highest BCUT2D eigenvalue weighted by Gasteiger charge is 2.14. The minimum atomic E-state index is -0.534. The molecule has 1 aromatic heterocycles. The van der Waals surface area contributed by atoms with Crippen LogP contribution in [0.3, 0.4) is 0 Å². The summed E-state index contributed by atoms with van der Waals surface area (Å²) in [6.45, 7) is 4.08. The number of methoxy groups -OCH3 is 1. The molecule has 0 radical (unpaired) electrons. The molecule has 31 heavy (non-hydrogen) atoms. The minimum Gasteiger partial charge on any atom is -0.496 e. The Morgan fingerprint density at radius 2 is 1.97 bits per heavy atom. The largest absolute Gasteiger partial charge is 0.496 e. The maximum atomic E-state index is 12.3. The van der Waals surface area contributed by atoms with Crippen LogP contribution in [0.5, 0.6) is 5.75 Å². The number of amides is 2. The van der Waals surface area contributed by atoms with Crippen molar-refractivity contribution in [2.24, 2.45) is 0 Å². The summed E-state index contributed by atoms with van der Waals surface area (Å²) in [4.78, 5) is 24.4. The van der Waals surface area contributed by atoms with Crippen molar-refractivity contribution in [1.29, 1.82) is 0 Å². The molecular formula is C20H20ClN5O3S2. The van der Waals surface area contributed by atoms with Gasteiger partial charge in [-0.15, -0.1) is 10.2 Å². The molecule has 0 spiro atoms. The van der Waals surface area contributed by atoms with E-state index in [1.54, 1.807) is 12.1 Å². The van der Waals surface area contributed by atoms with Crippen LogP contribution in [0.4, 0.5) is 10.8 Å². The van der Waals surface area contributed by atoms with E-state index < -0.39 is 11.8 Å². The first-order valence-corrected chi connectivity index (χ1v) is 11.3. The molecule has 0 atom stereocenters. The van der Waals surface area contributed by atoms with E-state index in [0.29, 0.717) is 20.2 Å². The van der Waals surface area contributed by atoms with Crippen molar-refractivity contribution in [2.75, 3.05) is 18.2 Å². The summed E-state index contributed by atoms with van der Waals surface area (Å²) in [5.41, 5.74) is 8.21. The summed E-state index contributed by atoms with van der Waals surface area (Å²) >= 11 is 8.49. The topological polar surface area (TPSA) is 105 Å². The molecule has 0 aliphatic carbocycles. The number of carbonyl (C=O) groups excluding carboxylic acids is 2. The molecule has 3 rings (SSSR count). The highest BCUT2D eigenvalue weighted by atomic mass is 35.5. The van der Waals surface area contributed by atoms with Gasteiger partial charge in [-0.25, -0.2) is 0 Å². The second-order valence-corrected chi connectivity index (χ2v) is 9.02. The molecule has 8 nitrogen and oxygen atoms in total. The van der Waals surface area contributed by atoms with Crippen LogP contribution in [0.25, 0.3) is 0 Å². The summed E-state index contributed by atoms with van der Waals surface area (Å²) < 4.78 is 5.77. The van der Waals surface area contributed by atoms with Gasteiger partial charge < -0.3 is 10.1 Å². The van der Waals surface area contributed by atoms with Crippen LogP contribution in [0.1, 0.15) is 21.5 Å². The van der Waals surface area contributed by atoms with Crippen LogP contribution in [0, 0.1) is 13.8 Å². The molecule has 2 aromatic carbocycles. The van der Waals surface area contributed by atoms with Gasteiger partial charge in [-0.3, -0.25) is 20.4 Å². The van der Waals surface area contributed by atoms with Gasteiger partial charge in [0.25, 0.3) is 5.91 Å². The van der Waals surface area contributed by atoms with Crippen molar-refractivity contribution in [1.82, 2.24) is 21.0 Å². The molecule has 1 heterocycles. The monoisotopic (exact) mass is 477 g/mol. The second-order valence-electron chi connectivity index (χ2n) is 6.38. The Labute approximate surface area is 192 Å². The van der Waals surface area contributed by atoms with Crippen LogP contribution in [-0.2, 0) is 4.79 Å². The van der Waals surface area contributed by atoms with E-state index in [0.717, 1.165) is 11.3 Å². The van der Waals surface area contributed by atoms with Crippen molar-refractivity contribution < 1.29 is 14.3 Å². The Morgan fingerprint density at radius 3 is 2.74 bits per heavy atom. The van der Waals surface area contributed by atoms with Crippen molar-refractivity contribution in [2.45, 2.75) is 18.2 Å². The number of nitrogens with one attached hydrogen (secondary N) is 3. The van der Waals surface area contributed by atoms with Crippen molar-refractivity contribution in [3.8, 4) is 5.75 Å². The number of anilines is 2. The number of carbonyl (C=O) groups is 2. The molecule has 0 saturated carbocycles. The van der Waals surface area contributed by atoms with Crippen LogP contribution in [-0.4, -0.2) is 34.9 Å². The molecule has 0 aliphatic rings. The van der Waals surface area contributed by atoms with Gasteiger partial charge in [-0.2, -0.15) is 0 Å². The minimum absolute atomic E-state index is 0.0606. The predicted octanol–water partition coefficient (Wildman–Crippen LogP) is 4.11. The predicted molar refractivity (Wildman–Crippen MR) is 123 cm³/mol. The number of hydrogen-bond acceptors (Lipinski definition) is 8. The molecule has 11 heteroatoms. The van der Waals surface area contributed by atoms with E-state index in [4.69, 9.17) is 16.3 Å². The van der Waals surface area contributed by atoms with Crippen molar-refractivity contribution in [3.63, 3.8) is 0 Å². The number of halogens is 1. The molecule has 162 valence electrons. The number of hydrazine groups is 1. The summed E-state index contributed by atoms with van der Waals surface area (Å²) in [5.74, 6) is -0.513. The van der Waals surface area contributed by atoms with E-state index >= 15 is 0 Å². The third-order valence-corrected chi connectivity index (χ3v) is 6.51. The SMILES string of the molecule is COc1ccc(Cl)cc1C(=O)NNC(=O)CSc1nnc(Nc2cccc(C)c2C)s1. The van der Waals surface area contributed by atoms with Gasteiger partial charge in [0.1, 0.15) is 5.75 Å². The van der Waals surface area contributed by atoms with Gasteiger partial charge in [0.05, 0.1) is 18.4 Å². The molecule has 3 N–H and O–H groups in total. The lowest BCUT2D eigenvalue weighted by Crippen LogP contribution is -2.42. The zero-order valence-corrected chi connectivity index (χ0v) is 19.4. The Morgan fingerprint density at radius 1 is 1.16 bits per heavy atom. The fourth-order valence-electron chi connectivity index (χ4n) is 2.54. The highest BCUT2D eigenvalue weighted by molar-refractivity contribution is 8.01. The molecular weight excluding hydrogens is 458 g/mol. The van der Waals surface area contributed by atoms with E-state index in [-0.39, 0.29) is 11.3 Å². The molecule has 3 aromatic rings. The second kappa shape index (κ2) is 10.5. The number of aryl methyl sites for hydroxylation is 1. The molecule has 0 aliphatic heterocycles. The first-order chi connectivity index (χ1) is 14.9. The van der Waals surface area contributed by atoms with Crippen molar-refractivity contribution >= 4 is 57.3 Å². The van der Waals surface area contributed by atoms with Crippen LogP contribution in [0.2, 0.25) is 5.02 Å². The lowest BCUT2D eigenvalue weighted by atomic mass is 10.1. The smallest absolute Gasteiger partial charge is 0.273 e. The normalized spacial score (nSPS) is 10.5.